The van der Waals surface area contributed by atoms with Crippen molar-refractivity contribution in [2.75, 3.05) is 0 Å². The summed E-state index contributed by atoms with van der Waals surface area (Å²) in [6, 6.07) is 9.63. The first-order valence-electron chi connectivity index (χ1n) is 7.12. The zero-order chi connectivity index (χ0) is 16.8. The Bertz CT molecular complexity index is 957. The number of H-pyrrole nitrogens is 1. The first-order valence-corrected chi connectivity index (χ1v) is 7.49. The van der Waals surface area contributed by atoms with Crippen LogP contribution in [0.15, 0.2) is 47.4 Å². The Balaban J connectivity index is 2.28. The molecule has 0 unspecified atom stereocenters. The molecule has 2 N–H and O–H groups in total. The molecule has 3 rings (SSSR count). The number of pyridine rings is 1. The monoisotopic (exact) mass is 331 g/mol. The number of aromatic amines is 1. The SMILES string of the molecule is CC(C)(O)c1ccc(-c2c[nH]c(=O)c3c(Cl)cccc23)c(F)c1. The maximum atomic E-state index is 14.6. The van der Waals surface area contributed by atoms with E-state index in [1.54, 1.807) is 44.2 Å². The Morgan fingerprint density at radius 1 is 1.17 bits per heavy atom. The average molecular weight is 332 g/mol. The van der Waals surface area contributed by atoms with Crippen LogP contribution in [0.5, 0.6) is 0 Å². The zero-order valence-corrected chi connectivity index (χ0v) is 13.4. The highest BCUT2D eigenvalue weighted by Crippen LogP contribution is 2.32. The molecular formula is C18H15ClFNO2. The number of benzene rings is 2. The van der Waals surface area contributed by atoms with Crippen LogP contribution >= 0.6 is 11.6 Å². The minimum atomic E-state index is -1.13. The standard InChI is InChI=1S/C18H15ClFNO2/c1-18(2,23)10-6-7-11(15(20)8-10)13-9-21-17(22)16-12(13)4-3-5-14(16)19/h3-9,23H,1-2H3,(H,21,22). The van der Waals surface area contributed by atoms with Crippen LogP contribution in [-0.2, 0) is 5.60 Å². The fourth-order valence-electron chi connectivity index (χ4n) is 2.60. The van der Waals surface area contributed by atoms with E-state index < -0.39 is 11.4 Å². The number of halogens is 2. The summed E-state index contributed by atoms with van der Waals surface area (Å²) >= 11 is 6.10. The average Bonchev–Trinajstić information content (AvgIpc) is 2.47. The number of fused-ring (bicyclic) bond motifs is 1. The predicted octanol–water partition coefficient (Wildman–Crippen LogP) is 4.22. The summed E-state index contributed by atoms with van der Waals surface area (Å²) in [5, 5.41) is 11.2. The second-order valence-corrected chi connectivity index (χ2v) is 6.35. The van der Waals surface area contributed by atoms with Crippen LogP contribution in [-0.4, -0.2) is 10.1 Å². The second kappa shape index (κ2) is 5.48. The molecule has 5 heteroatoms. The molecule has 1 aromatic heterocycles. The van der Waals surface area contributed by atoms with Crippen LogP contribution < -0.4 is 5.56 Å². The number of hydrogen-bond acceptors (Lipinski definition) is 2. The van der Waals surface area contributed by atoms with Crippen LogP contribution in [0.25, 0.3) is 21.9 Å². The summed E-state index contributed by atoms with van der Waals surface area (Å²) in [4.78, 5) is 14.6. The van der Waals surface area contributed by atoms with Crippen molar-refractivity contribution in [3.05, 3.63) is 69.4 Å². The van der Waals surface area contributed by atoms with Crippen molar-refractivity contribution in [2.45, 2.75) is 19.4 Å². The molecule has 0 spiro atoms. The maximum absolute atomic E-state index is 14.6. The quantitative estimate of drug-likeness (QED) is 0.739. The van der Waals surface area contributed by atoms with Crippen molar-refractivity contribution in [2.24, 2.45) is 0 Å². The van der Waals surface area contributed by atoms with Crippen LogP contribution in [0.4, 0.5) is 4.39 Å². The fourth-order valence-corrected chi connectivity index (χ4v) is 2.86. The molecule has 1 heterocycles. The molecule has 2 aromatic carbocycles. The van der Waals surface area contributed by atoms with Crippen LogP contribution in [0.2, 0.25) is 5.02 Å². The fraction of sp³-hybridized carbons (Fsp3) is 0.167. The van der Waals surface area contributed by atoms with Crippen molar-refractivity contribution in [3.63, 3.8) is 0 Å². The molecule has 3 aromatic rings. The topological polar surface area (TPSA) is 53.1 Å². The van der Waals surface area contributed by atoms with Gasteiger partial charge in [-0.05, 0) is 36.9 Å². The van der Waals surface area contributed by atoms with E-state index in [2.05, 4.69) is 4.98 Å². The van der Waals surface area contributed by atoms with Gasteiger partial charge < -0.3 is 10.1 Å². The van der Waals surface area contributed by atoms with Crippen LogP contribution in [0.3, 0.4) is 0 Å². The molecule has 3 nitrogen and oxygen atoms in total. The minimum absolute atomic E-state index is 0.317. The highest BCUT2D eigenvalue weighted by Gasteiger charge is 2.19. The molecule has 0 bridgehead atoms. The van der Waals surface area contributed by atoms with Crippen molar-refractivity contribution in [1.29, 1.82) is 0 Å². The Morgan fingerprint density at radius 3 is 2.57 bits per heavy atom. The lowest BCUT2D eigenvalue weighted by atomic mass is 9.94. The summed E-state index contributed by atoms with van der Waals surface area (Å²) in [5.74, 6) is -0.474. The number of rotatable bonds is 2. The number of aromatic nitrogens is 1. The lowest BCUT2D eigenvalue weighted by Gasteiger charge is -2.18. The first kappa shape index (κ1) is 15.7. The van der Waals surface area contributed by atoms with E-state index in [9.17, 15) is 14.3 Å². The largest absolute Gasteiger partial charge is 0.386 e. The van der Waals surface area contributed by atoms with E-state index in [1.165, 1.54) is 12.3 Å². The van der Waals surface area contributed by atoms with Gasteiger partial charge in [0.1, 0.15) is 5.82 Å². The number of aliphatic hydroxyl groups is 1. The molecule has 23 heavy (non-hydrogen) atoms. The Hall–Kier alpha value is -2.17. The van der Waals surface area contributed by atoms with E-state index >= 15 is 0 Å². The number of hydrogen-bond donors (Lipinski definition) is 2. The second-order valence-electron chi connectivity index (χ2n) is 5.95. The summed E-state index contributed by atoms with van der Waals surface area (Å²) in [7, 11) is 0. The van der Waals surface area contributed by atoms with Gasteiger partial charge in [0.2, 0.25) is 0 Å². The summed E-state index contributed by atoms with van der Waals surface area (Å²) < 4.78 is 14.6. The van der Waals surface area contributed by atoms with Gasteiger partial charge in [0.15, 0.2) is 0 Å². The van der Waals surface area contributed by atoms with E-state index in [-0.39, 0.29) is 5.56 Å². The van der Waals surface area contributed by atoms with Crippen LogP contribution in [0, 0.1) is 5.82 Å². The summed E-state index contributed by atoms with van der Waals surface area (Å²) in [5.41, 5.74) is -0.0905. The van der Waals surface area contributed by atoms with Gasteiger partial charge in [0, 0.05) is 17.3 Å². The van der Waals surface area contributed by atoms with Crippen molar-refractivity contribution in [1.82, 2.24) is 4.98 Å². The molecule has 0 saturated carbocycles. The smallest absolute Gasteiger partial charge is 0.257 e. The zero-order valence-electron chi connectivity index (χ0n) is 12.7. The molecule has 0 radical (unpaired) electrons. The highest BCUT2D eigenvalue weighted by molar-refractivity contribution is 6.35. The molecule has 0 aliphatic carbocycles. The summed E-state index contributed by atoms with van der Waals surface area (Å²) in [6.45, 7) is 3.19. The van der Waals surface area contributed by atoms with Gasteiger partial charge in [-0.15, -0.1) is 0 Å². The Labute approximate surface area is 137 Å². The van der Waals surface area contributed by atoms with E-state index in [0.717, 1.165) is 0 Å². The van der Waals surface area contributed by atoms with Gasteiger partial charge in [-0.2, -0.15) is 0 Å². The molecule has 0 amide bonds. The third-order valence-corrected chi connectivity index (χ3v) is 4.16. The predicted molar refractivity (Wildman–Crippen MR) is 90.2 cm³/mol. The van der Waals surface area contributed by atoms with E-state index in [0.29, 0.717) is 32.5 Å². The van der Waals surface area contributed by atoms with Gasteiger partial charge >= 0.3 is 0 Å². The number of nitrogens with one attached hydrogen (secondary N) is 1. The third kappa shape index (κ3) is 2.76. The highest BCUT2D eigenvalue weighted by atomic mass is 35.5. The van der Waals surface area contributed by atoms with Crippen LogP contribution in [0.1, 0.15) is 19.4 Å². The molecule has 0 saturated heterocycles. The van der Waals surface area contributed by atoms with Gasteiger partial charge in [-0.25, -0.2) is 4.39 Å². The maximum Gasteiger partial charge on any atom is 0.257 e. The van der Waals surface area contributed by atoms with Crippen molar-refractivity contribution >= 4 is 22.4 Å². The molecule has 0 aliphatic rings. The molecule has 0 atom stereocenters. The van der Waals surface area contributed by atoms with Crippen molar-refractivity contribution < 1.29 is 9.50 Å². The van der Waals surface area contributed by atoms with Gasteiger partial charge in [-0.1, -0.05) is 35.9 Å². The van der Waals surface area contributed by atoms with Gasteiger partial charge in [0.25, 0.3) is 5.56 Å². The minimum Gasteiger partial charge on any atom is -0.386 e. The lowest BCUT2D eigenvalue weighted by Crippen LogP contribution is -2.15. The van der Waals surface area contributed by atoms with Gasteiger partial charge in [-0.3, -0.25) is 4.79 Å². The Kier molecular flexibility index (Phi) is 3.74. The molecule has 118 valence electrons. The molecule has 0 aliphatic heterocycles. The normalized spacial score (nSPS) is 11.9. The van der Waals surface area contributed by atoms with E-state index in [4.69, 9.17) is 11.6 Å². The van der Waals surface area contributed by atoms with E-state index in [1.807, 2.05) is 0 Å². The third-order valence-electron chi connectivity index (χ3n) is 3.84. The molecule has 0 fully saturated rings. The summed E-state index contributed by atoms with van der Waals surface area (Å²) in [6.07, 6.45) is 1.48. The lowest BCUT2D eigenvalue weighted by molar-refractivity contribution is 0.0782. The van der Waals surface area contributed by atoms with Gasteiger partial charge in [0.05, 0.1) is 16.0 Å². The van der Waals surface area contributed by atoms with Crippen molar-refractivity contribution in [3.8, 4) is 11.1 Å². The molecular weight excluding hydrogens is 317 g/mol. The Morgan fingerprint density at radius 2 is 1.91 bits per heavy atom. The first-order chi connectivity index (χ1) is 10.8.